The lowest BCUT2D eigenvalue weighted by atomic mass is 9.99. The van der Waals surface area contributed by atoms with Crippen molar-refractivity contribution >= 4 is 46.4 Å². The number of barbiturate groups is 1. The Hall–Kier alpha value is -4.46. The fourth-order valence-corrected chi connectivity index (χ4v) is 3.66. The van der Waals surface area contributed by atoms with Crippen molar-refractivity contribution in [2.45, 2.75) is 13.3 Å². The molecule has 1 fully saturated rings. The summed E-state index contributed by atoms with van der Waals surface area (Å²) in [4.78, 5) is 51.1. The molecule has 0 radical (unpaired) electrons. The lowest BCUT2D eigenvalue weighted by molar-refractivity contribution is -0.122. The second-order valence-electron chi connectivity index (χ2n) is 7.54. The Balaban J connectivity index is 1.79. The van der Waals surface area contributed by atoms with E-state index in [4.69, 9.17) is 4.74 Å². The van der Waals surface area contributed by atoms with Crippen LogP contribution >= 0.6 is 0 Å². The number of methoxy groups -OCH3 is 1. The summed E-state index contributed by atoms with van der Waals surface area (Å²) in [5.74, 6) is -1.60. The summed E-state index contributed by atoms with van der Waals surface area (Å²) >= 11 is 0. The first-order valence-electron chi connectivity index (χ1n) is 10.7. The second kappa shape index (κ2) is 9.58. The van der Waals surface area contributed by atoms with E-state index in [1.54, 1.807) is 6.07 Å². The number of ether oxygens (including phenoxy) is 2. The van der Waals surface area contributed by atoms with Gasteiger partial charge in [-0.2, -0.15) is 0 Å². The molecule has 8 heteroatoms. The van der Waals surface area contributed by atoms with Gasteiger partial charge in [0.1, 0.15) is 11.3 Å². The molecule has 0 aliphatic carbocycles. The van der Waals surface area contributed by atoms with Gasteiger partial charge in [0.2, 0.25) is 0 Å². The number of hydrogen-bond donors (Lipinski definition) is 1. The first-order chi connectivity index (χ1) is 16.4. The van der Waals surface area contributed by atoms with Crippen molar-refractivity contribution in [1.29, 1.82) is 0 Å². The third-order valence-corrected chi connectivity index (χ3v) is 5.33. The summed E-state index contributed by atoms with van der Waals surface area (Å²) in [6.45, 7) is 2.44. The van der Waals surface area contributed by atoms with Gasteiger partial charge in [-0.25, -0.2) is 14.5 Å². The maximum absolute atomic E-state index is 13.3. The number of urea groups is 1. The van der Waals surface area contributed by atoms with Crippen LogP contribution in [-0.4, -0.2) is 37.5 Å². The number of fused-ring (bicyclic) bond motifs is 1. The highest BCUT2D eigenvalue weighted by Crippen LogP contribution is 2.32. The maximum atomic E-state index is 13.3. The van der Waals surface area contributed by atoms with Crippen LogP contribution in [0, 0.1) is 0 Å². The van der Waals surface area contributed by atoms with Crippen molar-refractivity contribution < 1.29 is 28.7 Å². The zero-order valence-electron chi connectivity index (χ0n) is 18.7. The number of benzene rings is 3. The molecule has 0 aromatic heterocycles. The highest BCUT2D eigenvalue weighted by atomic mass is 16.5. The summed E-state index contributed by atoms with van der Waals surface area (Å²) in [6, 6.07) is 16.1. The van der Waals surface area contributed by atoms with Crippen LogP contribution in [0.25, 0.3) is 16.8 Å². The molecular formula is C26H22N2O6. The van der Waals surface area contributed by atoms with Gasteiger partial charge in [0.25, 0.3) is 11.8 Å². The van der Waals surface area contributed by atoms with Crippen molar-refractivity contribution in [2.24, 2.45) is 0 Å². The Morgan fingerprint density at radius 2 is 1.74 bits per heavy atom. The zero-order valence-corrected chi connectivity index (χ0v) is 18.7. The minimum Gasteiger partial charge on any atom is -0.493 e. The molecule has 1 aliphatic rings. The predicted octanol–water partition coefficient (Wildman–Crippen LogP) is 4.08. The standard InChI is InChI=1S/C26H22N2O6/c1-3-14-34-22-13-10-16-6-4-5-7-19(16)20(22)15-21-23(29)27-26(32)28(24(21)30)18-11-8-17(9-12-18)25(31)33-2/h4-13,15H,3,14H2,1-2H3,(H,27,29,32)/b21-15+. The molecule has 1 saturated heterocycles. The molecule has 34 heavy (non-hydrogen) atoms. The number of esters is 1. The van der Waals surface area contributed by atoms with Crippen molar-refractivity contribution in [2.75, 3.05) is 18.6 Å². The summed E-state index contributed by atoms with van der Waals surface area (Å²) in [5, 5.41) is 3.93. The number of rotatable bonds is 6. The van der Waals surface area contributed by atoms with Crippen LogP contribution < -0.4 is 15.0 Å². The summed E-state index contributed by atoms with van der Waals surface area (Å²) < 4.78 is 10.5. The molecular weight excluding hydrogens is 436 g/mol. The van der Waals surface area contributed by atoms with Gasteiger partial charge in [-0.05, 0) is 53.6 Å². The van der Waals surface area contributed by atoms with Gasteiger partial charge >= 0.3 is 12.0 Å². The van der Waals surface area contributed by atoms with Gasteiger partial charge in [-0.1, -0.05) is 37.3 Å². The number of carbonyl (C=O) groups excluding carboxylic acids is 4. The first-order valence-corrected chi connectivity index (χ1v) is 10.7. The highest BCUT2D eigenvalue weighted by molar-refractivity contribution is 6.39. The van der Waals surface area contributed by atoms with Crippen LogP contribution in [0.4, 0.5) is 10.5 Å². The van der Waals surface area contributed by atoms with E-state index in [2.05, 4.69) is 10.1 Å². The number of nitrogens with one attached hydrogen (secondary N) is 1. The molecule has 3 aromatic rings. The van der Waals surface area contributed by atoms with Crippen LogP contribution in [0.15, 0.2) is 66.2 Å². The van der Waals surface area contributed by atoms with Crippen molar-refractivity contribution in [3.05, 3.63) is 77.4 Å². The average molecular weight is 458 g/mol. The van der Waals surface area contributed by atoms with Gasteiger partial charge in [0.15, 0.2) is 0 Å². The van der Waals surface area contributed by atoms with Crippen LogP contribution in [0.5, 0.6) is 5.75 Å². The van der Waals surface area contributed by atoms with Crippen molar-refractivity contribution in [1.82, 2.24) is 5.32 Å². The number of amides is 4. The second-order valence-corrected chi connectivity index (χ2v) is 7.54. The van der Waals surface area contributed by atoms with E-state index in [0.29, 0.717) is 17.9 Å². The van der Waals surface area contributed by atoms with E-state index in [1.165, 1.54) is 37.5 Å². The van der Waals surface area contributed by atoms with E-state index in [-0.39, 0.29) is 16.8 Å². The van der Waals surface area contributed by atoms with E-state index < -0.39 is 23.8 Å². The molecule has 0 spiro atoms. The number of nitrogens with zero attached hydrogens (tertiary/aromatic N) is 1. The molecule has 1 aliphatic heterocycles. The number of imide groups is 2. The summed E-state index contributed by atoms with van der Waals surface area (Å²) in [7, 11) is 1.26. The van der Waals surface area contributed by atoms with Gasteiger partial charge < -0.3 is 9.47 Å². The van der Waals surface area contributed by atoms with Crippen LogP contribution in [0.3, 0.4) is 0 Å². The lowest BCUT2D eigenvalue weighted by Crippen LogP contribution is -2.54. The van der Waals surface area contributed by atoms with Crippen LogP contribution in [0.2, 0.25) is 0 Å². The molecule has 8 nitrogen and oxygen atoms in total. The molecule has 3 aromatic carbocycles. The number of hydrogen-bond acceptors (Lipinski definition) is 6. The summed E-state index contributed by atoms with van der Waals surface area (Å²) in [6.07, 6.45) is 2.24. The molecule has 1 heterocycles. The average Bonchev–Trinajstić information content (AvgIpc) is 2.85. The smallest absolute Gasteiger partial charge is 0.337 e. The fraction of sp³-hybridized carbons (Fsp3) is 0.154. The van der Waals surface area contributed by atoms with Gasteiger partial charge in [0.05, 0.1) is 25.0 Å². The quantitative estimate of drug-likeness (QED) is 0.339. The van der Waals surface area contributed by atoms with Crippen LogP contribution in [0.1, 0.15) is 29.3 Å². The Morgan fingerprint density at radius 1 is 1.00 bits per heavy atom. The maximum Gasteiger partial charge on any atom is 0.337 e. The first kappa shape index (κ1) is 22.7. The van der Waals surface area contributed by atoms with E-state index >= 15 is 0 Å². The van der Waals surface area contributed by atoms with Crippen molar-refractivity contribution in [3.63, 3.8) is 0 Å². The van der Waals surface area contributed by atoms with E-state index in [0.717, 1.165) is 22.1 Å². The highest BCUT2D eigenvalue weighted by Gasteiger charge is 2.37. The predicted molar refractivity (Wildman–Crippen MR) is 127 cm³/mol. The fourth-order valence-electron chi connectivity index (χ4n) is 3.66. The van der Waals surface area contributed by atoms with Gasteiger partial charge in [-0.15, -0.1) is 0 Å². The minimum absolute atomic E-state index is 0.203. The molecule has 0 bridgehead atoms. The minimum atomic E-state index is -0.877. The molecule has 172 valence electrons. The van der Waals surface area contributed by atoms with Crippen LogP contribution in [-0.2, 0) is 14.3 Å². The van der Waals surface area contributed by atoms with E-state index in [9.17, 15) is 19.2 Å². The monoisotopic (exact) mass is 458 g/mol. The van der Waals surface area contributed by atoms with Crippen molar-refractivity contribution in [3.8, 4) is 5.75 Å². The third kappa shape index (κ3) is 4.25. The molecule has 0 atom stereocenters. The Labute approximate surface area is 195 Å². The topological polar surface area (TPSA) is 102 Å². The molecule has 1 N–H and O–H groups in total. The Bertz CT molecular complexity index is 1330. The molecule has 4 rings (SSSR count). The lowest BCUT2D eigenvalue weighted by Gasteiger charge is -2.26. The Kier molecular flexibility index (Phi) is 6.40. The molecule has 0 unspecified atom stereocenters. The third-order valence-electron chi connectivity index (χ3n) is 5.33. The van der Waals surface area contributed by atoms with Gasteiger partial charge in [-0.3, -0.25) is 14.9 Å². The molecule has 4 amide bonds. The zero-order chi connectivity index (χ0) is 24.2. The molecule has 0 saturated carbocycles. The number of anilines is 1. The largest absolute Gasteiger partial charge is 0.493 e. The van der Waals surface area contributed by atoms with E-state index in [1.807, 2.05) is 37.3 Å². The SMILES string of the molecule is CCCOc1ccc2ccccc2c1/C=C1\C(=O)NC(=O)N(c2ccc(C(=O)OC)cc2)C1=O. The normalized spacial score (nSPS) is 14.9. The summed E-state index contributed by atoms with van der Waals surface area (Å²) in [5.41, 5.74) is 0.820. The number of carbonyl (C=O) groups is 4. The van der Waals surface area contributed by atoms with Gasteiger partial charge in [0, 0.05) is 5.56 Å². The Morgan fingerprint density at radius 3 is 2.44 bits per heavy atom.